The molecule has 0 aliphatic carbocycles. The summed E-state index contributed by atoms with van der Waals surface area (Å²) in [4.78, 5) is -3.31. The van der Waals surface area contributed by atoms with Crippen LogP contribution < -0.4 is 21.9 Å². The van der Waals surface area contributed by atoms with Gasteiger partial charge in [0.25, 0.3) is 30.3 Å². The zero-order valence-corrected chi connectivity index (χ0v) is 39.5. The maximum absolute atomic E-state index is 13.2. The normalized spacial score (nSPS) is 12.7. The summed E-state index contributed by atoms with van der Waals surface area (Å²) in [5, 5.41) is 58.0. The molecule has 0 spiro atoms. The zero-order valence-electron chi connectivity index (χ0n) is 34.6. The highest BCUT2D eigenvalue weighted by Gasteiger charge is 2.27. The number of fused-ring (bicyclic) bond motifs is 1. The number of azo groups is 3. The molecule has 0 fully saturated rings. The van der Waals surface area contributed by atoms with Crippen molar-refractivity contribution in [1.29, 1.82) is 0 Å². The highest BCUT2D eigenvalue weighted by atomic mass is 32.2. The minimum atomic E-state index is -5.26. The van der Waals surface area contributed by atoms with Crippen molar-refractivity contribution in [2.24, 2.45) is 30.7 Å². The van der Waals surface area contributed by atoms with Crippen molar-refractivity contribution in [2.45, 2.75) is 24.5 Å². The second-order valence-electron chi connectivity index (χ2n) is 13.5. The van der Waals surface area contributed by atoms with Crippen LogP contribution in [0, 0.1) is 0 Å². The Kier molecular flexibility index (Phi) is 16.7. The van der Waals surface area contributed by atoms with Gasteiger partial charge in [-0.2, -0.15) is 27.1 Å². The first-order chi connectivity index (χ1) is 33.0. The van der Waals surface area contributed by atoms with Crippen LogP contribution in [0.2, 0.25) is 0 Å². The molecule has 0 aromatic heterocycles. The third-order valence-corrected chi connectivity index (χ3v) is 14.8. The molecule has 0 heterocycles. The first-order valence-electron chi connectivity index (χ1n) is 18.5. The van der Waals surface area contributed by atoms with Crippen molar-refractivity contribution < 1.29 is 81.3 Å². The van der Waals surface area contributed by atoms with Crippen LogP contribution in [0.1, 0.15) is 0 Å². The highest BCUT2D eigenvalue weighted by molar-refractivity contribution is 7.94. The average molecular weight is 1090 g/mol. The van der Waals surface area contributed by atoms with E-state index in [4.69, 9.17) is 31.9 Å². The van der Waals surface area contributed by atoms with E-state index in [1.807, 2.05) is 0 Å². The SMILES string of the molecule is Nc1ccc(/N=N/c2ccc(NS(=O)(=O)c3ccc(/N=N/c4cc(S(=O)(=O)O)c5cc(SOOO)c(/N=N/c6ccc(S(=O)(=O)CCOSOOO)cc6S(=O)(=O)O)c(O)c5c4N)cc3)cc2)c(N)c1. The van der Waals surface area contributed by atoms with E-state index < -0.39 is 111 Å². The van der Waals surface area contributed by atoms with E-state index >= 15 is 0 Å². The van der Waals surface area contributed by atoms with Gasteiger partial charge in [0.15, 0.2) is 27.9 Å². The van der Waals surface area contributed by atoms with Gasteiger partial charge < -0.3 is 22.3 Å². The molecule has 0 unspecified atom stereocenters. The summed E-state index contributed by atoms with van der Waals surface area (Å²) in [6.45, 7) is -0.553. The Morgan fingerprint density at radius 2 is 1.20 bits per heavy atom. The lowest BCUT2D eigenvalue weighted by atomic mass is 10.0. The number of nitrogens with two attached hydrogens (primary N) is 3. The molecule has 0 radical (unpaired) electrons. The molecule has 0 atom stereocenters. The minimum absolute atomic E-state index is 0.00142. The third kappa shape index (κ3) is 13.0. The molecule has 6 aromatic carbocycles. The van der Waals surface area contributed by atoms with Gasteiger partial charge in [0, 0.05) is 16.8 Å². The molecule has 0 aliphatic heterocycles. The van der Waals surface area contributed by atoms with Gasteiger partial charge >= 0.3 is 0 Å². The average Bonchev–Trinajstić information content (AvgIpc) is 3.29. The van der Waals surface area contributed by atoms with Crippen molar-refractivity contribution in [3.63, 3.8) is 0 Å². The van der Waals surface area contributed by atoms with Gasteiger partial charge in [-0.05, 0) is 97.1 Å². The first-order valence-corrected chi connectivity index (χ1v) is 25.9. The van der Waals surface area contributed by atoms with Crippen molar-refractivity contribution in [2.75, 3.05) is 34.3 Å². The lowest BCUT2D eigenvalue weighted by Crippen LogP contribution is -2.12. The predicted octanol–water partition coefficient (Wildman–Crippen LogP) is 8.04. The first kappa shape index (κ1) is 52.9. The quantitative estimate of drug-likeness (QED) is 0.00626. The fourth-order valence-electron chi connectivity index (χ4n) is 5.82. The number of anilines is 4. The minimum Gasteiger partial charge on any atom is -0.505 e. The molecular weight excluding hydrogens is 1050 g/mol. The van der Waals surface area contributed by atoms with Crippen LogP contribution in [0.4, 0.5) is 56.9 Å². The number of hydrogen-bond donors (Lipinski definition) is 9. The van der Waals surface area contributed by atoms with Crippen molar-refractivity contribution >= 4 is 132 Å². The molecule has 0 saturated carbocycles. The van der Waals surface area contributed by atoms with Crippen molar-refractivity contribution in [1.82, 2.24) is 0 Å². The zero-order chi connectivity index (χ0) is 51.0. The fourth-order valence-corrected chi connectivity index (χ4v) is 10.2. The largest absolute Gasteiger partial charge is 0.505 e. The second kappa shape index (κ2) is 22.1. The van der Waals surface area contributed by atoms with E-state index in [2.05, 4.69) is 54.2 Å². The Balaban J connectivity index is 1.30. The number of phenols is 1. The molecule has 34 heteroatoms. The van der Waals surface area contributed by atoms with Crippen LogP contribution >= 0.6 is 24.4 Å². The van der Waals surface area contributed by atoms with Crippen LogP contribution in [0.5, 0.6) is 5.75 Å². The van der Waals surface area contributed by atoms with Gasteiger partial charge in [0.1, 0.15) is 32.5 Å². The van der Waals surface area contributed by atoms with E-state index in [0.717, 1.165) is 24.3 Å². The smallest absolute Gasteiger partial charge is 0.296 e. The van der Waals surface area contributed by atoms with Crippen molar-refractivity contribution in [3.05, 3.63) is 97.1 Å². The van der Waals surface area contributed by atoms with Gasteiger partial charge in [-0.3, -0.25) is 18.0 Å². The number of rotatable bonds is 21. The van der Waals surface area contributed by atoms with Gasteiger partial charge in [-0.25, -0.2) is 27.4 Å². The van der Waals surface area contributed by atoms with Gasteiger partial charge in [-0.1, -0.05) is 10.1 Å². The molecule has 0 amide bonds. The molecule has 70 heavy (non-hydrogen) atoms. The summed E-state index contributed by atoms with van der Waals surface area (Å²) in [5.74, 6) is -1.80. The summed E-state index contributed by atoms with van der Waals surface area (Å²) < 4.78 is 138. The topological polar surface area (TPSA) is 448 Å². The van der Waals surface area contributed by atoms with E-state index in [9.17, 15) is 47.9 Å². The molecule has 0 bridgehead atoms. The lowest BCUT2D eigenvalue weighted by Gasteiger charge is -2.14. The Hall–Kier alpha value is -6.48. The molecule has 0 aliphatic rings. The number of nitrogens with one attached hydrogen (secondary N) is 1. The molecule has 12 N–H and O–H groups in total. The number of nitrogen functional groups attached to an aromatic ring is 3. The Labute approximate surface area is 403 Å². The van der Waals surface area contributed by atoms with E-state index in [-0.39, 0.29) is 40.6 Å². The Morgan fingerprint density at radius 1 is 0.614 bits per heavy atom. The standard InChI is InChI=1S/C36H32N10O18S6/c37-19-1-11-27(26(38)15-19)42-40-20-2-4-22(5-3-20)46-68(52,53)23-8-6-21(7-9-23)41-44-29-18-31(69(54,55)56)25-17-30(65-63-61-48)35(36(47)33(25)34(29)39)45-43-28-12-10-24(16-32(28)70(57,58)59)67(50,51)14-13-60-66-64-62-49/h1-12,15-18,46-49H,13-14,37-39H2,(H,54,55,56)(H,57,58,59)/b42-40+,44-41+,45-43+. The summed E-state index contributed by atoms with van der Waals surface area (Å²) in [6, 6.07) is 19.3. The van der Waals surface area contributed by atoms with Crippen LogP contribution in [0.25, 0.3) is 10.8 Å². The number of nitrogens with zero attached hydrogens (tertiary/aromatic N) is 6. The third-order valence-electron chi connectivity index (χ3n) is 8.98. The number of sulfonamides is 1. The van der Waals surface area contributed by atoms with E-state index in [1.165, 1.54) is 54.6 Å². The summed E-state index contributed by atoms with van der Waals surface area (Å²) in [7, 11) is -19.0. The number of benzene rings is 6. The number of hydrogen-bond acceptors (Lipinski definition) is 27. The van der Waals surface area contributed by atoms with Crippen LogP contribution in [-0.4, -0.2) is 70.8 Å². The maximum atomic E-state index is 13.2. The molecule has 6 rings (SSSR count). The fraction of sp³-hybridized carbons (Fsp3) is 0.0556. The number of aromatic hydroxyl groups is 1. The lowest BCUT2D eigenvalue weighted by molar-refractivity contribution is -0.434. The van der Waals surface area contributed by atoms with Crippen LogP contribution in [0.3, 0.4) is 0 Å². The van der Waals surface area contributed by atoms with Gasteiger partial charge in [0.05, 0.1) is 67.2 Å². The molecular formula is C36H32N10O18S6. The van der Waals surface area contributed by atoms with Crippen molar-refractivity contribution in [3.8, 4) is 5.75 Å². The molecule has 6 aromatic rings. The second-order valence-corrected chi connectivity index (χ2v) is 21.3. The molecule has 370 valence electrons. The van der Waals surface area contributed by atoms with E-state index in [0.29, 0.717) is 28.8 Å². The summed E-state index contributed by atoms with van der Waals surface area (Å²) >= 11 is 0.164. The van der Waals surface area contributed by atoms with E-state index in [1.54, 1.807) is 12.1 Å². The Bertz CT molecular complexity index is 3500. The van der Waals surface area contributed by atoms with Gasteiger partial charge in [0.2, 0.25) is 0 Å². The monoisotopic (exact) mass is 1080 g/mol. The molecule has 0 saturated heterocycles. The van der Waals surface area contributed by atoms with Gasteiger partial charge in [-0.15, -0.1) is 29.1 Å². The summed E-state index contributed by atoms with van der Waals surface area (Å²) in [5.41, 5.74) is 17.2. The molecule has 28 nitrogen and oxygen atoms in total. The number of sulfone groups is 1. The predicted molar refractivity (Wildman–Crippen MR) is 249 cm³/mol. The Morgan fingerprint density at radius 3 is 1.81 bits per heavy atom. The van der Waals surface area contributed by atoms with Crippen LogP contribution in [0.15, 0.2) is 152 Å². The summed E-state index contributed by atoms with van der Waals surface area (Å²) in [6.07, 6.45) is 0. The van der Waals surface area contributed by atoms with Crippen LogP contribution in [-0.2, 0) is 63.0 Å². The highest BCUT2D eigenvalue weighted by Crippen LogP contribution is 2.50. The maximum Gasteiger partial charge on any atom is 0.296 e. The number of phenolic OH excluding ortho intramolecular Hbond substituents is 1.